The molecule has 0 aliphatic rings. The number of aromatic nitrogens is 3. The molecular weight excluding hydrogens is 1120 g/mol. The van der Waals surface area contributed by atoms with Crippen molar-refractivity contribution in [2.24, 2.45) is 67.0 Å². The molecule has 10 heteroatoms. The van der Waals surface area contributed by atoms with Crippen molar-refractivity contribution in [3.05, 3.63) is 126 Å². The standard InChI is InChI=1S/C21H35NO.C20H34N2O.C20H36N2.C20H33NO2/c1-20(2,3)15-11-10-14-18(21(4,5)6)19(23)22-16-17-12-8-7-9-13-17;1-19(2,3)13-9-7-12-17(20(4,5)6)18(23)22-15-16-11-8-10-14-21-16;1-19(2,3)13-9-7-11-17(20(4,5)6)15-21-16-18-12-8-10-14-22-18;1-19(2,3)13-9-7-12-17(20(4,5)6)18(22)23-15-16-11-8-10-14-21-16/h7-9,12-13,18H,10-11,14-16H2,1-6H3,(H,22,23);8,10-11,14,17H,7,9,12-13,15H2,1-6H3,(H,22,23);8,10,12,14,17,21H,7,9,11,13,15-16H2,1-6H3;8,10-11,14,17H,7,9,12-13,15H2,1-6H3. The molecule has 0 saturated carbocycles. The molecule has 0 bridgehead atoms. The summed E-state index contributed by atoms with van der Waals surface area (Å²) in [5, 5.41) is 9.79. The van der Waals surface area contributed by atoms with Gasteiger partial charge in [0.1, 0.15) is 6.61 Å². The molecule has 3 aromatic heterocycles. The molecule has 4 unspecified atom stereocenters. The number of carbonyl (C=O) groups excluding carboxylic acids is 3. The molecule has 3 heterocycles. The van der Waals surface area contributed by atoms with Gasteiger partial charge in [-0.05, 0) is 149 Å². The van der Waals surface area contributed by atoms with Crippen LogP contribution in [0.3, 0.4) is 0 Å². The zero-order valence-corrected chi connectivity index (χ0v) is 62.9. The second-order valence-corrected chi connectivity index (χ2v) is 35.2. The van der Waals surface area contributed by atoms with Gasteiger partial charge < -0.3 is 20.7 Å². The highest BCUT2D eigenvalue weighted by Crippen LogP contribution is 2.36. The van der Waals surface area contributed by atoms with E-state index in [0.717, 1.165) is 86.6 Å². The van der Waals surface area contributed by atoms with Crippen LogP contribution in [0.1, 0.15) is 292 Å². The van der Waals surface area contributed by atoms with Gasteiger partial charge in [0.25, 0.3) is 0 Å². The maximum atomic E-state index is 12.6. The van der Waals surface area contributed by atoms with Crippen molar-refractivity contribution in [1.29, 1.82) is 0 Å². The third-order valence-electron chi connectivity index (χ3n) is 17.0. The Kier molecular flexibility index (Phi) is 37.9. The number of esters is 1. The predicted octanol–water partition coefficient (Wildman–Crippen LogP) is 21.4. The lowest BCUT2D eigenvalue weighted by Crippen LogP contribution is -2.37. The summed E-state index contributed by atoms with van der Waals surface area (Å²) in [4.78, 5) is 50.6. The number of pyridine rings is 3. The minimum absolute atomic E-state index is 0.00248. The number of nitrogens with one attached hydrogen (secondary N) is 3. The number of benzene rings is 1. The van der Waals surface area contributed by atoms with Gasteiger partial charge in [-0.1, -0.05) is 266 Å². The van der Waals surface area contributed by atoms with E-state index in [1.807, 2.05) is 66.9 Å². The minimum atomic E-state index is -0.0982. The van der Waals surface area contributed by atoms with Gasteiger partial charge in [0.2, 0.25) is 11.8 Å². The van der Waals surface area contributed by atoms with Gasteiger partial charge in [0.15, 0.2) is 0 Å². The first-order chi connectivity index (χ1) is 42.0. The third-order valence-corrected chi connectivity index (χ3v) is 17.0. The third kappa shape index (κ3) is 43.5. The Morgan fingerprint density at radius 1 is 0.374 bits per heavy atom. The molecule has 0 radical (unpaired) electrons. The highest BCUT2D eigenvalue weighted by Gasteiger charge is 2.34. The molecular formula is C81H138N6O4. The molecule has 4 rings (SSSR count). The Balaban J connectivity index is 0.000000607. The summed E-state index contributed by atoms with van der Waals surface area (Å²) in [6, 6.07) is 27.6. The first-order valence-corrected chi connectivity index (χ1v) is 35.1. The predicted molar refractivity (Wildman–Crippen MR) is 388 cm³/mol. The number of rotatable bonds is 29. The summed E-state index contributed by atoms with van der Waals surface area (Å²) in [5.41, 5.74) is 5.82. The van der Waals surface area contributed by atoms with Crippen molar-refractivity contribution in [2.45, 2.75) is 295 Å². The number of carbonyl (C=O) groups is 3. The Labute approximate surface area is 559 Å². The summed E-state index contributed by atoms with van der Waals surface area (Å²) < 4.78 is 5.51. The van der Waals surface area contributed by atoms with E-state index >= 15 is 0 Å². The Morgan fingerprint density at radius 2 is 0.714 bits per heavy atom. The van der Waals surface area contributed by atoms with E-state index in [4.69, 9.17) is 4.74 Å². The number of hydrogen-bond donors (Lipinski definition) is 3. The van der Waals surface area contributed by atoms with E-state index in [0.29, 0.717) is 40.2 Å². The molecule has 0 aliphatic heterocycles. The molecule has 4 atom stereocenters. The average Bonchev–Trinajstić information content (AvgIpc) is 1.59. The quantitative estimate of drug-likeness (QED) is 0.0361. The van der Waals surface area contributed by atoms with Gasteiger partial charge in [0, 0.05) is 43.5 Å². The van der Waals surface area contributed by atoms with Crippen LogP contribution < -0.4 is 16.0 Å². The van der Waals surface area contributed by atoms with E-state index in [1.165, 1.54) is 57.8 Å². The summed E-state index contributed by atoms with van der Waals surface area (Å²) >= 11 is 0. The van der Waals surface area contributed by atoms with E-state index in [9.17, 15) is 14.4 Å². The zero-order valence-electron chi connectivity index (χ0n) is 62.9. The lowest BCUT2D eigenvalue weighted by Gasteiger charge is -2.31. The fraction of sp³-hybridized carbons (Fsp3) is 0.704. The van der Waals surface area contributed by atoms with Gasteiger partial charge in [0.05, 0.1) is 29.5 Å². The number of ether oxygens (including phenoxy) is 1. The molecule has 2 amide bonds. The van der Waals surface area contributed by atoms with E-state index in [2.05, 4.69) is 221 Å². The van der Waals surface area contributed by atoms with Crippen LogP contribution in [0.5, 0.6) is 0 Å². The number of hydrogen-bond acceptors (Lipinski definition) is 8. The first-order valence-electron chi connectivity index (χ1n) is 35.1. The Morgan fingerprint density at radius 3 is 1.07 bits per heavy atom. The molecule has 4 aromatic rings. The van der Waals surface area contributed by atoms with Crippen molar-refractivity contribution < 1.29 is 19.1 Å². The molecule has 516 valence electrons. The van der Waals surface area contributed by atoms with Crippen molar-refractivity contribution >= 4 is 17.8 Å². The second kappa shape index (κ2) is 41.0. The highest BCUT2D eigenvalue weighted by molar-refractivity contribution is 5.79. The van der Waals surface area contributed by atoms with Crippen molar-refractivity contribution in [3.63, 3.8) is 0 Å². The van der Waals surface area contributed by atoms with Crippen LogP contribution in [0, 0.1) is 67.0 Å². The maximum Gasteiger partial charge on any atom is 0.309 e. The molecule has 3 N–H and O–H groups in total. The fourth-order valence-electron chi connectivity index (χ4n) is 11.0. The molecule has 10 nitrogen and oxygen atoms in total. The van der Waals surface area contributed by atoms with E-state index in [1.54, 1.807) is 12.4 Å². The monoisotopic (exact) mass is 1260 g/mol. The fourth-order valence-corrected chi connectivity index (χ4v) is 11.0. The first kappa shape index (κ1) is 84.1. The Bertz CT molecular complexity index is 2300. The summed E-state index contributed by atoms with van der Waals surface area (Å²) in [7, 11) is 0. The van der Waals surface area contributed by atoms with Crippen LogP contribution >= 0.6 is 0 Å². The molecule has 0 fully saturated rings. The van der Waals surface area contributed by atoms with E-state index < -0.39 is 0 Å². The Hall–Kier alpha value is -4.96. The summed E-state index contributed by atoms with van der Waals surface area (Å²) in [6.07, 6.45) is 23.9. The zero-order chi connectivity index (χ0) is 69.2. The van der Waals surface area contributed by atoms with Crippen LogP contribution in [0.25, 0.3) is 0 Å². The lowest BCUT2D eigenvalue weighted by molar-refractivity contribution is -0.154. The highest BCUT2D eigenvalue weighted by atomic mass is 16.5. The van der Waals surface area contributed by atoms with Crippen LogP contribution in [0.4, 0.5) is 0 Å². The molecule has 1 aromatic carbocycles. The van der Waals surface area contributed by atoms with Gasteiger partial charge in [-0.25, -0.2) is 0 Å². The van der Waals surface area contributed by atoms with Gasteiger partial charge in [-0.3, -0.25) is 29.3 Å². The van der Waals surface area contributed by atoms with Crippen molar-refractivity contribution in [1.82, 2.24) is 30.9 Å². The molecule has 0 saturated heterocycles. The topological polar surface area (TPSA) is 135 Å². The summed E-state index contributed by atoms with van der Waals surface area (Å²) in [6.45, 7) is 57.2. The number of unbranched alkanes of at least 4 members (excludes halogenated alkanes) is 4. The largest absolute Gasteiger partial charge is 0.459 e. The number of amides is 2. The maximum absolute atomic E-state index is 12.6. The molecule has 0 aliphatic carbocycles. The molecule has 91 heavy (non-hydrogen) atoms. The van der Waals surface area contributed by atoms with Crippen molar-refractivity contribution in [2.75, 3.05) is 6.54 Å². The smallest absolute Gasteiger partial charge is 0.309 e. The van der Waals surface area contributed by atoms with Gasteiger partial charge in [-0.2, -0.15) is 0 Å². The van der Waals surface area contributed by atoms with Crippen LogP contribution in [0.2, 0.25) is 0 Å². The SMILES string of the molecule is CC(C)(C)CCCCC(C(=O)NCc1ccccc1)C(C)(C)C.CC(C)(C)CCCCC(C(=O)NCc1ccccn1)C(C)(C)C.CC(C)(C)CCCCC(C(=O)OCc1ccccn1)C(C)(C)C.CC(C)(C)CCCCC(CNCc1ccccn1)C(C)(C)C. The van der Waals surface area contributed by atoms with Gasteiger partial charge >= 0.3 is 5.97 Å². The second-order valence-electron chi connectivity index (χ2n) is 35.2. The van der Waals surface area contributed by atoms with Crippen LogP contribution in [-0.2, 0) is 45.4 Å². The lowest BCUT2D eigenvalue weighted by atomic mass is 9.76. The average molecular weight is 1260 g/mol. The van der Waals surface area contributed by atoms with Crippen LogP contribution in [0.15, 0.2) is 104 Å². The van der Waals surface area contributed by atoms with Crippen LogP contribution in [-0.4, -0.2) is 39.3 Å². The van der Waals surface area contributed by atoms with Crippen molar-refractivity contribution in [3.8, 4) is 0 Å². The summed E-state index contributed by atoms with van der Waals surface area (Å²) in [5.74, 6) is 1.02. The normalized spacial score (nSPS) is 13.8. The molecule has 0 spiro atoms. The van der Waals surface area contributed by atoms with Gasteiger partial charge in [-0.15, -0.1) is 0 Å². The number of nitrogens with zero attached hydrogens (tertiary/aromatic N) is 3. The van der Waals surface area contributed by atoms with E-state index in [-0.39, 0.29) is 58.4 Å². The minimum Gasteiger partial charge on any atom is -0.459 e.